The number of hydrogen-bond donors (Lipinski definition) is 2. The lowest BCUT2D eigenvalue weighted by Crippen LogP contribution is -2.23. The molecule has 1 aromatic heterocycles. The van der Waals surface area contributed by atoms with Crippen LogP contribution >= 0.6 is 15.9 Å². The van der Waals surface area contributed by atoms with Crippen LogP contribution in [-0.4, -0.2) is 18.2 Å². The Balaban J connectivity index is 2.16. The number of hydrogen-bond acceptors (Lipinski definition) is 4. The third-order valence-corrected chi connectivity index (χ3v) is 4.38. The Hall–Kier alpha value is -1.38. The molecule has 19 heavy (non-hydrogen) atoms. The van der Waals surface area contributed by atoms with E-state index in [2.05, 4.69) is 25.8 Å². The second-order valence-corrected chi connectivity index (χ2v) is 6.66. The second-order valence-electron chi connectivity index (χ2n) is 4.01. The summed E-state index contributed by atoms with van der Waals surface area (Å²) < 4.78 is 28.9. The highest BCUT2D eigenvalue weighted by atomic mass is 79.9. The van der Waals surface area contributed by atoms with E-state index in [1.807, 2.05) is 24.3 Å². The molecule has 0 amide bonds. The molecule has 0 unspecified atom stereocenters. The third kappa shape index (κ3) is 3.34. The SMILES string of the molecule is Cn1cc(S(=O)(=O)NCc2cccc(Br)c2)c(N)n1. The van der Waals surface area contributed by atoms with Gasteiger partial charge in [0, 0.05) is 24.3 Å². The Bertz CT molecular complexity index is 696. The van der Waals surface area contributed by atoms with Crippen molar-refractivity contribution >= 4 is 31.8 Å². The molecule has 8 heteroatoms. The largest absolute Gasteiger partial charge is 0.381 e. The zero-order chi connectivity index (χ0) is 14.0. The molecule has 0 saturated heterocycles. The monoisotopic (exact) mass is 344 g/mol. The van der Waals surface area contributed by atoms with Gasteiger partial charge >= 0.3 is 0 Å². The molecular weight excluding hydrogens is 332 g/mol. The molecule has 2 rings (SSSR count). The molecule has 0 aliphatic rings. The number of sulfonamides is 1. The minimum atomic E-state index is -3.65. The maximum absolute atomic E-state index is 12.1. The number of anilines is 1. The summed E-state index contributed by atoms with van der Waals surface area (Å²) in [5.74, 6) is -0.00996. The molecule has 0 aliphatic carbocycles. The van der Waals surface area contributed by atoms with Gasteiger partial charge in [0.2, 0.25) is 10.0 Å². The Kier molecular flexibility index (Phi) is 3.93. The maximum Gasteiger partial charge on any atom is 0.246 e. The summed E-state index contributed by atoms with van der Waals surface area (Å²) in [7, 11) is -2.04. The van der Waals surface area contributed by atoms with Gasteiger partial charge in [0.05, 0.1) is 0 Å². The van der Waals surface area contributed by atoms with E-state index < -0.39 is 10.0 Å². The van der Waals surface area contributed by atoms with Crippen molar-refractivity contribution in [1.29, 1.82) is 0 Å². The number of nitrogens with zero attached hydrogens (tertiary/aromatic N) is 2. The molecule has 1 aromatic carbocycles. The molecule has 1 heterocycles. The number of nitrogen functional groups attached to an aromatic ring is 1. The van der Waals surface area contributed by atoms with Gasteiger partial charge in [-0.2, -0.15) is 5.10 Å². The summed E-state index contributed by atoms with van der Waals surface area (Å²) in [5.41, 5.74) is 6.41. The number of nitrogens with two attached hydrogens (primary N) is 1. The van der Waals surface area contributed by atoms with Crippen molar-refractivity contribution in [2.75, 3.05) is 5.73 Å². The number of nitrogens with one attached hydrogen (secondary N) is 1. The molecule has 102 valence electrons. The van der Waals surface area contributed by atoms with Crippen molar-refractivity contribution in [2.45, 2.75) is 11.4 Å². The average molecular weight is 345 g/mol. The molecule has 0 bridgehead atoms. The number of aryl methyl sites for hydroxylation is 1. The highest BCUT2D eigenvalue weighted by Gasteiger charge is 2.20. The number of benzene rings is 1. The highest BCUT2D eigenvalue weighted by Crippen LogP contribution is 2.16. The lowest BCUT2D eigenvalue weighted by Gasteiger charge is -2.05. The van der Waals surface area contributed by atoms with E-state index in [1.165, 1.54) is 10.9 Å². The maximum atomic E-state index is 12.1. The van der Waals surface area contributed by atoms with Crippen LogP contribution in [0, 0.1) is 0 Å². The molecule has 3 N–H and O–H groups in total. The van der Waals surface area contributed by atoms with Crippen molar-refractivity contribution in [3.8, 4) is 0 Å². The van der Waals surface area contributed by atoms with Crippen molar-refractivity contribution in [3.05, 3.63) is 40.5 Å². The molecule has 6 nitrogen and oxygen atoms in total. The van der Waals surface area contributed by atoms with Gasteiger partial charge in [-0.15, -0.1) is 0 Å². The highest BCUT2D eigenvalue weighted by molar-refractivity contribution is 9.10. The molecule has 0 saturated carbocycles. The van der Waals surface area contributed by atoms with Gasteiger partial charge in [0.15, 0.2) is 5.82 Å². The Labute approximate surface area is 119 Å². The van der Waals surface area contributed by atoms with Crippen LogP contribution in [0.3, 0.4) is 0 Å². The topological polar surface area (TPSA) is 90.0 Å². The van der Waals surface area contributed by atoms with E-state index in [-0.39, 0.29) is 17.3 Å². The summed E-state index contributed by atoms with van der Waals surface area (Å²) in [6.45, 7) is 0.191. The minimum Gasteiger partial charge on any atom is -0.381 e. The first-order chi connectivity index (χ1) is 8.88. The number of rotatable bonds is 4. The van der Waals surface area contributed by atoms with Crippen molar-refractivity contribution < 1.29 is 8.42 Å². The van der Waals surface area contributed by atoms with E-state index in [0.717, 1.165) is 10.0 Å². The van der Waals surface area contributed by atoms with Gasteiger partial charge in [-0.25, -0.2) is 13.1 Å². The second kappa shape index (κ2) is 5.32. The molecule has 0 radical (unpaired) electrons. The lowest BCUT2D eigenvalue weighted by molar-refractivity contribution is 0.581. The van der Waals surface area contributed by atoms with Crippen LogP contribution in [0.15, 0.2) is 39.8 Å². The first-order valence-corrected chi connectivity index (χ1v) is 7.69. The van der Waals surface area contributed by atoms with Crippen LogP contribution in [-0.2, 0) is 23.6 Å². The van der Waals surface area contributed by atoms with Crippen LogP contribution < -0.4 is 10.5 Å². The zero-order valence-corrected chi connectivity index (χ0v) is 12.6. The normalized spacial score (nSPS) is 11.7. The summed E-state index contributed by atoms with van der Waals surface area (Å²) >= 11 is 3.33. The summed E-state index contributed by atoms with van der Waals surface area (Å²) in [6, 6.07) is 7.39. The molecule has 0 fully saturated rings. The predicted octanol–water partition coefficient (Wildman–Crippen LogP) is 1.24. The fraction of sp³-hybridized carbons (Fsp3) is 0.182. The Morgan fingerprint density at radius 2 is 2.21 bits per heavy atom. The first kappa shape index (κ1) is 14.0. The Morgan fingerprint density at radius 1 is 1.47 bits per heavy atom. The van der Waals surface area contributed by atoms with Crippen molar-refractivity contribution in [2.24, 2.45) is 7.05 Å². The van der Waals surface area contributed by atoms with Crippen LogP contribution in [0.1, 0.15) is 5.56 Å². The summed E-state index contributed by atoms with van der Waals surface area (Å²) in [6.07, 6.45) is 1.37. The number of aromatic nitrogens is 2. The van der Waals surface area contributed by atoms with Gasteiger partial charge in [0.25, 0.3) is 0 Å². The molecule has 2 aromatic rings. The van der Waals surface area contributed by atoms with E-state index in [0.29, 0.717) is 0 Å². The van der Waals surface area contributed by atoms with E-state index in [1.54, 1.807) is 7.05 Å². The predicted molar refractivity (Wildman–Crippen MR) is 75.8 cm³/mol. The van der Waals surface area contributed by atoms with Crippen molar-refractivity contribution in [1.82, 2.24) is 14.5 Å². The first-order valence-electron chi connectivity index (χ1n) is 5.42. The molecule has 0 spiro atoms. The fourth-order valence-corrected chi connectivity index (χ4v) is 3.16. The average Bonchev–Trinajstić information content (AvgIpc) is 2.67. The molecule has 0 atom stereocenters. The molecule has 0 aliphatic heterocycles. The zero-order valence-electron chi connectivity index (χ0n) is 10.2. The standard InChI is InChI=1S/C11H13BrN4O2S/c1-16-7-10(11(13)15-16)19(17,18)14-6-8-3-2-4-9(12)5-8/h2-5,7,14H,6H2,1H3,(H2,13,15). The van der Waals surface area contributed by atoms with Crippen LogP contribution in [0.2, 0.25) is 0 Å². The quantitative estimate of drug-likeness (QED) is 0.873. The smallest absolute Gasteiger partial charge is 0.246 e. The lowest BCUT2D eigenvalue weighted by atomic mass is 10.2. The summed E-state index contributed by atoms with van der Waals surface area (Å²) in [4.78, 5) is -0.00926. The van der Waals surface area contributed by atoms with Crippen LogP contribution in [0.4, 0.5) is 5.82 Å². The Morgan fingerprint density at radius 3 is 2.79 bits per heavy atom. The van der Waals surface area contributed by atoms with Gasteiger partial charge in [-0.3, -0.25) is 4.68 Å². The summed E-state index contributed by atoms with van der Waals surface area (Å²) in [5, 5.41) is 3.81. The third-order valence-electron chi connectivity index (χ3n) is 2.47. The minimum absolute atomic E-state index is 0.00926. The number of halogens is 1. The van der Waals surface area contributed by atoms with Crippen molar-refractivity contribution in [3.63, 3.8) is 0 Å². The van der Waals surface area contributed by atoms with E-state index in [4.69, 9.17) is 5.73 Å². The fourth-order valence-electron chi connectivity index (χ4n) is 1.59. The van der Waals surface area contributed by atoms with Crippen LogP contribution in [0.25, 0.3) is 0 Å². The van der Waals surface area contributed by atoms with Crippen LogP contribution in [0.5, 0.6) is 0 Å². The van der Waals surface area contributed by atoms with Gasteiger partial charge < -0.3 is 5.73 Å². The van der Waals surface area contributed by atoms with Gasteiger partial charge in [0.1, 0.15) is 4.90 Å². The molecular formula is C11H13BrN4O2S. The van der Waals surface area contributed by atoms with E-state index in [9.17, 15) is 8.42 Å². The van der Waals surface area contributed by atoms with E-state index >= 15 is 0 Å². The van der Waals surface area contributed by atoms with Gasteiger partial charge in [-0.05, 0) is 17.7 Å². The van der Waals surface area contributed by atoms with Gasteiger partial charge in [-0.1, -0.05) is 28.1 Å².